The molecule has 0 aliphatic rings. The zero-order valence-corrected chi connectivity index (χ0v) is 22.9. The number of thioether (sulfide) groups is 1. The third-order valence-corrected chi connectivity index (χ3v) is 6.96. The lowest BCUT2D eigenvalue weighted by atomic mass is 10.1. The van der Waals surface area contributed by atoms with Crippen molar-refractivity contribution in [1.29, 1.82) is 0 Å². The van der Waals surface area contributed by atoms with Gasteiger partial charge in [0.05, 0.1) is 19.1 Å². The number of hydrogen-bond acceptors (Lipinski definition) is 7. The maximum Gasteiger partial charge on any atom is 0.250 e. The summed E-state index contributed by atoms with van der Waals surface area (Å²) in [4.78, 5) is 14.8. The Bertz CT molecular complexity index is 1360. The second-order valence-corrected chi connectivity index (χ2v) is 9.49. The van der Waals surface area contributed by atoms with Crippen LogP contribution in [0.5, 0.6) is 5.75 Å². The van der Waals surface area contributed by atoms with Crippen molar-refractivity contribution >= 4 is 29.6 Å². The topological polar surface area (TPSA) is 84.6 Å². The molecule has 0 unspecified atom stereocenters. The lowest BCUT2D eigenvalue weighted by Gasteiger charge is -2.20. The van der Waals surface area contributed by atoms with Crippen LogP contribution < -0.4 is 15.1 Å². The standard InChI is InChI=1S/C29H32N6O2S/c1-5-34(6-2)24-13-9-22(10-14-24)19-30-31-27(36)20-38-29-33-32-28(23-11-7-21(3)8-12-23)35(29)25-15-17-26(37-4)18-16-25/h7-19H,5-6,20H2,1-4H3,(H,31,36)/b30-19-. The lowest BCUT2D eigenvalue weighted by molar-refractivity contribution is -0.118. The number of carbonyl (C=O) groups is 1. The van der Waals surface area contributed by atoms with E-state index in [1.165, 1.54) is 17.4 Å². The smallest absolute Gasteiger partial charge is 0.250 e. The van der Waals surface area contributed by atoms with E-state index in [0.29, 0.717) is 11.0 Å². The molecular weight excluding hydrogens is 496 g/mol. The number of anilines is 1. The van der Waals surface area contributed by atoms with Crippen molar-refractivity contribution in [2.45, 2.75) is 25.9 Å². The quantitative estimate of drug-likeness (QED) is 0.161. The monoisotopic (exact) mass is 528 g/mol. The average molecular weight is 529 g/mol. The largest absolute Gasteiger partial charge is 0.497 e. The molecule has 9 heteroatoms. The number of hydrazone groups is 1. The number of nitrogens with zero attached hydrogens (tertiary/aromatic N) is 5. The van der Waals surface area contributed by atoms with Crippen LogP contribution in [-0.4, -0.2) is 52.8 Å². The minimum atomic E-state index is -0.229. The van der Waals surface area contributed by atoms with Crippen LogP contribution in [0.2, 0.25) is 0 Å². The van der Waals surface area contributed by atoms with Crippen LogP contribution in [0.15, 0.2) is 83.1 Å². The number of amides is 1. The first kappa shape index (κ1) is 26.9. The Morgan fingerprint density at radius 3 is 2.32 bits per heavy atom. The van der Waals surface area contributed by atoms with Crippen LogP contribution in [0.25, 0.3) is 17.1 Å². The summed E-state index contributed by atoms with van der Waals surface area (Å²) < 4.78 is 7.25. The molecule has 0 bridgehead atoms. The molecule has 0 radical (unpaired) electrons. The van der Waals surface area contributed by atoms with Crippen LogP contribution in [0.4, 0.5) is 5.69 Å². The first-order valence-electron chi connectivity index (χ1n) is 12.5. The highest BCUT2D eigenvalue weighted by Gasteiger charge is 2.17. The Balaban J connectivity index is 1.45. The van der Waals surface area contributed by atoms with E-state index in [0.717, 1.165) is 41.2 Å². The van der Waals surface area contributed by atoms with Gasteiger partial charge in [-0.25, -0.2) is 5.43 Å². The molecule has 0 atom stereocenters. The van der Waals surface area contributed by atoms with Crippen LogP contribution >= 0.6 is 11.8 Å². The first-order valence-corrected chi connectivity index (χ1v) is 13.5. The van der Waals surface area contributed by atoms with Crippen molar-refractivity contribution in [2.24, 2.45) is 5.10 Å². The van der Waals surface area contributed by atoms with E-state index in [2.05, 4.69) is 51.6 Å². The number of aryl methyl sites for hydroxylation is 1. The van der Waals surface area contributed by atoms with Gasteiger partial charge < -0.3 is 9.64 Å². The van der Waals surface area contributed by atoms with Gasteiger partial charge in [0, 0.05) is 30.0 Å². The zero-order valence-electron chi connectivity index (χ0n) is 22.1. The van der Waals surface area contributed by atoms with Gasteiger partial charge in [-0.1, -0.05) is 53.7 Å². The Kier molecular flexibility index (Phi) is 9.16. The normalized spacial score (nSPS) is 11.1. The molecule has 1 aromatic heterocycles. The van der Waals surface area contributed by atoms with Gasteiger partial charge in [-0.05, 0) is 62.7 Å². The number of benzene rings is 3. The fourth-order valence-corrected chi connectivity index (χ4v) is 4.66. The van der Waals surface area contributed by atoms with E-state index in [-0.39, 0.29) is 11.7 Å². The highest BCUT2D eigenvalue weighted by atomic mass is 32.2. The van der Waals surface area contributed by atoms with E-state index in [9.17, 15) is 4.79 Å². The van der Waals surface area contributed by atoms with Gasteiger partial charge >= 0.3 is 0 Å². The lowest BCUT2D eigenvalue weighted by Crippen LogP contribution is -2.21. The number of aromatic nitrogens is 3. The Labute approximate surface area is 227 Å². The Morgan fingerprint density at radius 2 is 1.68 bits per heavy atom. The molecule has 0 saturated carbocycles. The van der Waals surface area contributed by atoms with Gasteiger partial charge in [0.25, 0.3) is 5.91 Å². The van der Waals surface area contributed by atoms with Crippen LogP contribution in [0.3, 0.4) is 0 Å². The molecule has 196 valence electrons. The molecule has 0 spiro atoms. The van der Waals surface area contributed by atoms with Gasteiger partial charge in [-0.15, -0.1) is 10.2 Å². The predicted molar refractivity (Wildman–Crippen MR) is 155 cm³/mol. The number of ether oxygens (including phenoxy) is 1. The third kappa shape index (κ3) is 6.60. The van der Waals surface area contributed by atoms with Crippen molar-refractivity contribution < 1.29 is 9.53 Å². The molecule has 0 fully saturated rings. The van der Waals surface area contributed by atoms with Crippen LogP contribution in [-0.2, 0) is 4.79 Å². The molecule has 1 N–H and O–H groups in total. The predicted octanol–water partition coefficient (Wildman–Crippen LogP) is 5.34. The first-order chi connectivity index (χ1) is 18.5. The van der Waals surface area contributed by atoms with Crippen molar-refractivity contribution in [3.05, 3.63) is 83.9 Å². The SMILES string of the molecule is CCN(CC)c1ccc(/C=N\NC(=O)CSc2nnc(-c3ccc(C)cc3)n2-c2ccc(OC)cc2)cc1. The summed E-state index contributed by atoms with van der Waals surface area (Å²) in [6.07, 6.45) is 1.64. The van der Waals surface area contributed by atoms with Crippen LogP contribution in [0.1, 0.15) is 25.0 Å². The summed E-state index contributed by atoms with van der Waals surface area (Å²) in [6, 6.07) is 23.9. The summed E-state index contributed by atoms with van der Waals surface area (Å²) in [5.41, 5.74) is 7.66. The molecule has 4 aromatic rings. The maximum atomic E-state index is 12.5. The number of carbonyl (C=O) groups excluding carboxylic acids is 1. The minimum Gasteiger partial charge on any atom is -0.497 e. The highest BCUT2D eigenvalue weighted by Crippen LogP contribution is 2.29. The van der Waals surface area contributed by atoms with Crippen molar-refractivity contribution in [2.75, 3.05) is 30.9 Å². The second-order valence-electron chi connectivity index (χ2n) is 8.55. The molecule has 0 aliphatic carbocycles. The molecule has 4 rings (SSSR count). The molecule has 38 heavy (non-hydrogen) atoms. The van der Waals surface area contributed by atoms with Crippen molar-refractivity contribution in [1.82, 2.24) is 20.2 Å². The summed E-state index contributed by atoms with van der Waals surface area (Å²) in [5.74, 6) is 1.37. The molecule has 1 amide bonds. The van der Waals surface area contributed by atoms with Gasteiger partial charge in [0.1, 0.15) is 5.75 Å². The number of methoxy groups -OCH3 is 1. The fourth-order valence-electron chi connectivity index (χ4n) is 3.92. The van der Waals surface area contributed by atoms with E-state index >= 15 is 0 Å². The van der Waals surface area contributed by atoms with E-state index in [1.807, 2.05) is 72.2 Å². The van der Waals surface area contributed by atoms with E-state index in [4.69, 9.17) is 4.74 Å². The van der Waals surface area contributed by atoms with Gasteiger partial charge in [0.2, 0.25) is 0 Å². The number of rotatable bonds is 11. The molecule has 3 aromatic carbocycles. The van der Waals surface area contributed by atoms with Gasteiger partial charge in [0.15, 0.2) is 11.0 Å². The van der Waals surface area contributed by atoms with E-state index < -0.39 is 0 Å². The Hall–Kier alpha value is -4.11. The van der Waals surface area contributed by atoms with Crippen molar-refractivity contribution in [3.8, 4) is 22.8 Å². The van der Waals surface area contributed by atoms with Gasteiger partial charge in [-0.3, -0.25) is 9.36 Å². The molecule has 1 heterocycles. The van der Waals surface area contributed by atoms with Crippen LogP contribution in [0, 0.1) is 6.92 Å². The highest BCUT2D eigenvalue weighted by molar-refractivity contribution is 7.99. The summed E-state index contributed by atoms with van der Waals surface area (Å²) in [6.45, 7) is 8.22. The summed E-state index contributed by atoms with van der Waals surface area (Å²) in [7, 11) is 1.63. The molecule has 8 nitrogen and oxygen atoms in total. The average Bonchev–Trinajstić information content (AvgIpc) is 3.38. The second kappa shape index (κ2) is 12.9. The fraction of sp³-hybridized carbons (Fsp3) is 0.241. The van der Waals surface area contributed by atoms with E-state index in [1.54, 1.807) is 13.3 Å². The third-order valence-electron chi connectivity index (χ3n) is 6.03. The summed E-state index contributed by atoms with van der Waals surface area (Å²) in [5, 5.41) is 13.6. The minimum absolute atomic E-state index is 0.139. The number of hydrogen-bond donors (Lipinski definition) is 1. The molecular formula is C29H32N6O2S. The molecule has 0 saturated heterocycles. The summed E-state index contributed by atoms with van der Waals surface area (Å²) >= 11 is 1.30. The van der Waals surface area contributed by atoms with Gasteiger partial charge in [-0.2, -0.15) is 5.10 Å². The maximum absolute atomic E-state index is 12.5. The molecule has 0 aliphatic heterocycles. The number of nitrogens with one attached hydrogen (secondary N) is 1. The zero-order chi connectivity index (χ0) is 26.9. The van der Waals surface area contributed by atoms with Crippen molar-refractivity contribution in [3.63, 3.8) is 0 Å². The Morgan fingerprint density at radius 1 is 1.00 bits per heavy atom.